The van der Waals surface area contributed by atoms with Gasteiger partial charge in [0, 0.05) is 6.20 Å². The van der Waals surface area contributed by atoms with E-state index in [-0.39, 0.29) is 22.2 Å². The number of halogens is 1. The van der Waals surface area contributed by atoms with Crippen LogP contribution in [-0.4, -0.2) is 43.9 Å². The molecule has 0 aliphatic heterocycles. The Bertz CT molecular complexity index is 655. The lowest BCUT2D eigenvalue weighted by molar-refractivity contribution is 0.0586. The monoisotopic (exact) mass is 282 g/mol. The molecule has 8 nitrogen and oxygen atoms in total. The Morgan fingerprint density at radius 1 is 1.42 bits per heavy atom. The molecule has 0 bridgehead atoms. The molecule has 0 radical (unpaired) electrons. The fourth-order valence-corrected chi connectivity index (χ4v) is 1.52. The van der Waals surface area contributed by atoms with Gasteiger partial charge in [-0.1, -0.05) is 11.6 Å². The van der Waals surface area contributed by atoms with Crippen molar-refractivity contribution in [3.63, 3.8) is 0 Å². The van der Waals surface area contributed by atoms with Crippen LogP contribution in [-0.2, 0) is 4.74 Å². The molecule has 2 aromatic rings. The summed E-state index contributed by atoms with van der Waals surface area (Å²) in [6.45, 7) is 0. The SMILES string of the molecule is COC(=O)c1ncn(-c2ncc(C(=O)O)cc2Cl)n1. The lowest BCUT2D eigenvalue weighted by Crippen LogP contribution is -2.07. The molecule has 0 amide bonds. The fraction of sp³-hybridized carbons (Fsp3) is 0.100. The Morgan fingerprint density at radius 3 is 2.74 bits per heavy atom. The van der Waals surface area contributed by atoms with Gasteiger partial charge in [0.25, 0.3) is 5.82 Å². The van der Waals surface area contributed by atoms with E-state index in [0.717, 1.165) is 10.9 Å². The molecule has 1 N–H and O–H groups in total. The summed E-state index contributed by atoms with van der Waals surface area (Å²) in [5, 5.41) is 12.7. The van der Waals surface area contributed by atoms with E-state index in [4.69, 9.17) is 16.7 Å². The quantitative estimate of drug-likeness (QED) is 0.830. The minimum absolute atomic E-state index is 0.0537. The number of rotatable bonds is 3. The Morgan fingerprint density at radius 2 is 2.16 bits per heavy atom. The van der Waals surface area contributed by atoms with Crippen LogP contribution in [0.1, 0.15) is 21.0 Å². The van der Waals surface area contributed by atoms with Crippen molar-refractivity contribution in [3.8, 4) is 5.82 Å². The number of carboxylic acids is 1. The standard InChI is InChI=1S/C10H7ClN4O4/c1-19-10(18)7-13-4-15(14-7)8-6(11)2-5(3-12-8)9(16)17/h2-4H,1H3,(H,16,17). The third-order valence-electron chi connectivity index (χ3n) is 2.15. The highest BCUT2D eigenvalue weighted by molar-refractivity contribution is 6.32. The molecule has 98 valence electrons. The maximum absolute atomic E-state index is 11.2. The molecular formula is C10H7ClN4O4. The molecule has 0 atom stereocenters. The van der Waals surface area contributed by atoms with Crippen LogP contribution in [0.25, 0.3) is 5.82 Å². The van der Waals surface area contributed by atoms with Crippen molar-refractivity contribution in [3.05, 3.63) is 35.0 Å². The van der Waals surface area contributed by atoms with E-state index in [0.29, 0.717) is 0 Å². The third kappa shape index (κ3) is 2.52. The number of nitrogens with zero attached hydrogens (tertiary/aromatic N) is 4. The first-order valence-electron chi connectivity index (χ1n) is 4.92. The van der Waals surface area contributed by atoms with Crippen LogP contribution in [0.2, 0.25) is 5.02 Å². The van der Waals surface area contributed by atoms with Gasteiger partial charge in [0.15, 0.2) is 5.82 Å². The summed E-state index contributed by atoms with van der Waals surface area (Å²) in [7, 11) is 1.20. The van der Waals surface area contributed by atoms with Crippen LogP contribution in [0.4, 0.5) is 0 Å². The maximum Gasteiger partial charge on any atom is 0.377 e. The van der Waals surface area contributed by atoms with Gasteiger partial charge < -0.3 is 9.84 Å². The summed E-state index contributed by atoms with van der Waals surface area (Å²) in [6.07, 6.45) is 2.35. The van der Waals surface area contributed by atoms with Gasteiger partial charge in [0.1, 0.15) is 6.33 Å². The summed E-state index contributed by atoms with van der Waals surface area (Å²) in [5.41, 5.74) is -0.0537. The third-order valence-corrected chi connectivity index (χ3v) is 2.42. The zero-order chi connectivity index (χ0) is 14.0. The van der Waals surface area contributed by atoms with Crippen molar-refractivity contribution in [1.29, 1.82) is 0 Å². The number of aromatic nitrogens is 4. The molecule has 2 heterocycles. The summed E-state index contributed by atoms with van der Waals surface area (Å²) >= 11 is 5.90. The molecule has 0 aromatic carbocycles. The zero-order valence-electron chi connectivity index (χ0n) is 9.57. The molecular weight excluding hydrogens is 276 g/mol. The summed E-state index contributed by atoms with van der Waals surface area (Å²) < 4.78 is 5.61. The highest BCUT2D eigenvalue weighted by atomic mass is 35.5. The predicted octanol–water partition coefficient (Wildman–Crippen LogP) is 0.800. The minimum atomic E-state index is -1.14. The first-order chi connectivity index (χ1) is 9.02. The zero-order valence-corrected chi connectivity index (χ0v) is 10.3. The van der Waals surface area contributed by atoms with Crippen LogP contribution in [0.3, 0.4) is 0 Å². The van der Waals surface area contributed by atoms with Crippen LogP contribution >= 0.6 is 11.6 Å². The average molecular weight is 283 g/mol. The molecule has 0 unspecified atom stereocenters. The number of esters is 1. The van der Waals surface area contributed by atoms with Gasteiger partial charge in [-0.3, -0.25) is 0 Å². The van der Waals surface area contributed by atoms with E-state index < -0.39 is 11.9 Å². The van der Waals surface area contributed by atoms with Crippen LogP contribution in [0.5, 0.6) is 0 Å². The number of pyridine rings is 1. The Labute approximate surface area is 111 Å². The van der Waals surface area contributed by atoms with Gasteiger partial charge >= 0.3 is 11.9 Å². The second-order valence-corrected chi connectivity index (χ2v) is 3.75. The van der Waals surface area contributed by atoms with Crippen LogP contribution < -0.4 is 0 Å². The first-order valence-corrected chi connectivity index (χ1v) is 5.30. The number of carbonyl (C=O) groups is 2. The van der Waals surface area contributed by atoms with E-state index in [9.17, 15) is 9.59 Å². The van der Waals surface area contributed by atoms with E-state index in [1.165, 1.54) is 19.5 Å². The summed E-state index contributed by atoms with van der Waals surface area (Å²) in [4.78, 5) is 29.5. The normalized spacial score (nSPS) is 10.2. The predicted molar refractivity (Wildman–Crippen MR) is 62.5 cm³/mol. The number of ether oxygens (including phenoxy) is 1. The first kappa shape index (κ1) is 13.0. The molecule has 0 fully saturated rings. The second-order valence-electron chi connectivity index (χ2n) is 3.34. The van der Waals surface area contributed by atoms with E-state index in [2.05, 4.69) is 19.8 Å². The number of carboxylic acid groups (broad SMARTS) is 1. The number of carbonyl (C=O) groups excluding carboxylic acids is 1. The largest absolute Gasteiger partial charge is 0.478 e. The molecule has 0 saturated heterocycles. The van der Waals surface area contributed by atoms with Crippen molar-refractivity contribution < 1.29 is 19.4 Å². The van der Waals surface area contributed by atoms with E-state index in [1.54, 1.807) is 0 Å². The van der Waals surface area contributed by atoms with Gasteiger partial charge in [0.05, 0.1) is 17.7 Å². The number of hydrogen-bond acceptors (Lipinski definition) is 6. The van der Waals surface area contributed by atoms with E-state index in [1.807, 2.05) is 0 Å². The van der Waals surface area contributed by atoms with Crippen LogP contribution in [0, 0.1) is 0 Å². The molecule has 9 heteroatoms. The molecule has 0 saturated carbocycles. The Kier molecular flexibility index (Phi) is 3.43. The van der Waals surface area contributed by atoms with Crippen molar-refractivity contribution in [2.75, 3.05) is 7.11 Å². The van der Waals surface area contributed by atoms with Crippen molar-refractivity contribution in [2.45, 2.75) is 0 Å². The minimum Gasteiger partial charge on any atom is -0.478 e. The highest BCUT2D eigenvalue weighted by Crippen LogP contribution is 2.18. The van der Waals surface area contributed by atoms with E-state index >= 15 is 0 Å². The smallest absolute Gasteiger partial charge is 0.377 e. The number of methoxy groups -OCH3 is 1. The van der Waals surface area contributed by atoms with Gasteiger partial charge in [-0.2, -0.15) is 0 Å². The molecule has 2 aromatic heterocycles. The second kappa shape index (κ2) is 5.02. The summed E-state index contributed by atoms with van der Waals surface area (Å²) in [5.74, 6) is -1.83. The van der Waals surface area contributed by atoms with Gasteiger partial charge in [-0.15, -0.1) is 5.10 Å². The molecule has 2 rings (SSSR count). The van der Waals surface area contributed by atoms with Gasteiger partial charge in [-0.25, -0.2) is 24.2 Å². The topological polar surface area (TPSA) is 107 Å². The Hall–Kier alpha value is -2.48. The molecule has 0 aliphatic carbocycles. The van der Waals surface area contributed by atoms with Crippen molar-refractivity contribution in [2.24, 2.45) is 0 Å². The lowest BCUT2D eigenvalue weighted by atomic mass is 10.3. The molecule has 19 heavy (non-hydrogen) atoms. The maximum atomic E-state index is 11.2. The van der Waals surface area contributed by atoms with Crippen molar-refractivity contribution in [1.82, 2.24) is 19.7 Å². The highest BCUT2D eigenvalue weighted by Gasteiger charge is 2.15. The average Bonchev–Trinajstić information content (AvgIpc) is 2.87. The summed E-state index contributed by atoms with van der Waals surface area (Å²) in [6, 6.07) is 1.23. The number of hydrogen-bond donors (Lipinski definition) is 1. The Balaban J connectivity index is 2.39. The van der Waals surface area contributed by atoms with Gasteiger partial charge in [0.2, 0.25) is 0 Å². The lowest BCUT2D eigenvalue weighted by Gasteiger charge is -2.02. The van der Waals surface area contributed by atoms with Crippen molar-refractivity contribution >= 4 is 23.5 Å². The molecule has 0 spiro atoms. The van der Waals surface area contributed by atoms with Gasteiger partial charge in [-0.05, 0) is 6.07 Å². The number of aromatic carboxylic acids is 1. The van der Waals surface area contributed by atoms with Crippen LogP contribution in [0.15, 0.2) is 18.6 Å². The molecule has 0 aliphatic rings. The fourth-order valence-electron chi connectivity index (χ4n) is 1.27.